The molecule has 1 saturated heterocycles. The van der Waals surface area contributed by atoms with E-state index in [1.54, 1.807) is 29.2 Å². The van der Waals surface area contributed by atoms with Crippen molar-refractivity contribution < 1.29 is 4.79 Å². The molecule has 1 aromatic rings. The Bertz CT molecular complexity index is 516. The van der Waals surface area contributed by atoms with Gasteiger partial charge in [0.15, 0.2) is 0 Å². The number of nitrogens with zero attached hydrogens (tertiary/aromatic N) is 2. The molecular weight excluding hydrogens is 262 g/mol. The van der Waals surface area contributed by atoms with Crippen LogP contribution in [0.3, 0.4) is 0 Å². The molecule has 0 spiro atoms. The van der Waals surface area contributed by atoms with Crippen molar-refractivity contribution in [2.24, 2.45) is 5.41 Å². The van der Waals surface area contributed by atoms with E-state index in [0.717, 1.165) is 0 Å². The van der Waals surface area contributed by atoms with E-state index in [2.05, 4.69) is 11.4 Å². The highest BCUT2D eigenvalue weighted by atomic mass is 35.5. The normalized spacial score (nSPS) is 17.6. The Kier molecular flexibility index (Phi) is 3.96. The van der Waals surface area contributed by atoms with E-state index >= 15 is 0 Å². The van der Waals surface area contributed by atoms with Gasteiger partial charge in [-0.3, -0.25) is 0 Å². The fourth-order valence-corrected chi connectivity index (χ4v) is 2.27. The highest BCUT2D eigenvalue weighted by molar-refractivity contribution is 6.30. The number of anilines is 1. The summed E-state index contributed by atoms with van der Waals surface area (Å²) in [6, 6.07) is 9.25. The number of nitriles is 1. The number of hydrogen-bond acceptors (Lipinski definition) is 2. The van der Waals surface area contributed by atoms with Gasteiger partial charge < -0.3 is 10.2 Å². The Balaban J connectivity index is 1.94. The van der Waals surface area contributed by atoms with Gasteiger partial charge in [-0.2, -0.15) is 5.26 Å². The van der Waals surface area contributed by atoms with E-state index in [9.17, 15) is 4.79 Å². The molecule has 4 nitrogen and oxygen atoms in total. The molecule has 1 fully saturated rings. The Labute approximate surface area is 118 Å². The topological polar surface area (TPSA) is 56.1 Å². The van der Waals surface area contributed by atoms with E-state index < -0.39 is 0 Å². The molecule has 1 N–H and O–H groups in total. The Morgan fingerprint density at radius 1 is 1.47 bits per heavy atom. The SMILES string of the molecule is CC1(C#N)CCN(C(=O)Nc2cccc(Cl)c2)CC1. The first-order valence-corrected chi connectivity index (χ1v) is 6.63. The third-order valence-corrected chi connectivity index (χ3v) is 3.74. The zero-order chi connectivity index (χ0) is 13.9. The second kappa shape index (κ2) is 5.50. The summed E-state index contributed by atoms with van der Waals surface area (Å²) in [5.41, 5.74) is 0.387. The van der Waals surface area contributed by atoms with E-state index in [0.29, 0.717) is 36.6 Å². The van der Waals surface area contributed by atoms with Crippen LogP contribution in [-0.4, -0.2) is 24.0 Å². The Morgan fingerprint density at radius 2 is 2.16 bits per heavy atom. The maximum atomic E-state index is 12.1. The zero-order valence-corrected chi connectivity index (χ0v) is 11.6. The second-order valence-electron chi connectivity index (χ2n) is 5.10. The van der Waals surface area contributed by atoms with Gasteiger partial charge in [0.05, 0.1) is 11.5 Å². The molecule has 0 unspecified atom stereocenters. The average molecular weight is 278 g/mol. The number of halogens is 1. The Hall–Kier alpha value is -1.73. The van der Waals surface area contributed by atoms with Crippen LogP contribution in [0.1, 0.15) is 19.8 Å². The number of carbonyl (C=O) groups excluding carboxylic acids is 1. The largest absolute Gasteiger partial charge is 0.324 e. The molecule has 100 valence electrons. The number of nitrogens with one attached hydrogen (secondary N) is 1. The van der Waals surface area contributed by atoms with Crippen molar-refractivity contribution in [3.63, 3.8) is 0 Å². The summed E-state index contributed by atoms with van der Waals surface area (Å²) in [7, 11) is 0. The molecule has 0 saturated carbocycles. The van der Waals surface area contributed by atoms with Crippen LogP contribution in [0.5, 0.6) is 0 Å². The minimum Gasteiger partial charge on any atom is -0.324 e. The van der Waals surface area contributed by atoms with Crippen LogP contribution in [0.25, 0.3) is 0 Å². The number of carbonyl (C=O) groups is 1. The number of likely N-dealkylation sites (tertiary alicyclic amines) is 1. The van der Waals surface area contributed by atoms with Gasteiger partial charge >= 0.3 is 6.03 Å². The van der Waals surface area contributed by atoms with Crippen LogP contribution >= 0.6 is 11.6 Å². The Morgan fingerprint density at radius 3 is 2.74 bits per heavy atom. The highest BCUT2D eigenvalue weighted by Crippen LogP contribution is 2.30. The molecule has 0 atom stereocenters. The summed E-state index contributed by atoms with van der Waals surface area (Å²) in [5.74, 6) is 0. The molecule has 2 amide bonds. The van der Waals surface area contributed by atoms with Crippen molar-refractivity contribution in [1.29, 1.82) is 5.26 Å². The van der Waals surface area contributed by atoms with Gasteiger partial charge in [0.25, 0.3) is 0 Å². The predicted molar refractivity (Wildman–Crippen MR) is 75.0 cm³/mol. The molecule has 0 aliphatic carbocycles. The molecule has 0 aromatic heterocycles. The lowest BCUT2D eigenvalue weighted by atomic mass is 9.82. The van der Waals surface area contributed by atoms with Crippen molar-refractivity contribution in [1.82, 2.24) is 4.90 Å². The van der Waals surface area contributed by atoms with Gasteiger partial charge in [0.2, 0.25) is 0 Å². The zero-order valence-electron chi connectivity index (χ0n) is 10.8. The summed E-state index contributed by atoms with van der Waals surface area (Å²) >= 11 is 5.87. The van der Waals surface area contributed by atoms with Gasteiger partial charge in [0.1, 0.15) is 0 Å². The minimum absolute atomic E-state index is 0.137. The molecular formula is C14H16ClN3O. The quantitative estimate of drug-likeness (QED) is 0.854. The van der Waals surface area contributed by atoms with Crippen LogP contribution in [0.4, 0.5) is 10.5 Å². The van der Waals surface area contributed by atoms with Gasteiger partial charge in [0, 0.05) is 23.8 Å². The number of amides is 2. The first-order chi connectivity index (χ1) is 9.02. The molecule has 1 aliphatic heterocycles. The third kappa shape index (κ3) is 3.39. The molecule has 2 rings (SSSR count). The molecule has 5 heteroatoms. The smallest absolute Gasteiger partial charge is 0.321 e. The lowest BCUT2D eigenvalue weighted by molar-refractivity contribution is 0.166. The highest BCUT2D eigenvalue weighted by Gasteiger charge is 2.31. The summed E-state index contributed by atoms with van der Waals surface area (Å²) in [5, 5.41) is 12.5. The minimum atomic E-state index is -0.299. The number of hydrogen-bond donors (Lipinski definition) is 1. The lowest BCUT2D eigenvalue weighted by Gasteiger charge is -2.34. The lowest BCUT2D eigenvalue weighted by Crippen LogP contribution is -2.43. The summed E-state index contributed by atoms with van der Waals surface area (Å²) < 4.78 is 0. The van der Waals surface area contributed by atoms with Crippen molar-refractivity contribution >= 4 is 23.3 Å². The predicted octanol–water partition coefficient (Wildman–Crippen LogP) is 3.50. The number of urea groups is 1. The maximum absolute atomic E-state index is 12.1. The van der Waals surface area contributed by atoms with Gasteiger partial charge in [-0.1, -0.05) is 17.7 Å². The van der Waals surface area contributed by atoms with E-state index in [-0.39, 0.29) is 11.4 Å². The van der Waals surface area contributed by atoms with Crippen molar-refractivity contribution in [2.45, 2.75) is 19.8 Å². The van der Waals surface area contributed by atoms with E-state index in [1.165, 1.54) is 0 Å². The molecule has 0 radical (unpaired) electrons. The van der Waals surface area contributed by atoms with Crippen LogP contribution < -0.4 is 5.32 Å². The molecule has 1 aromatic carbocycles. The number of piperidine rings is 1. The third-order valence-electron chi connectivity index (χ3n) is 3.50. The first kappa shape index (κ1) is 13.7. The molecule has 19 heavy (non-hydrogen) atoms. The van der Waals surface area contributed by atoms with Crippen LogP contribution in [0, 0.1) is 16.7 Å². The van der Waals surface area contributed by atoms with E-state index in [4.69, 9.17) is 16.9 Å². The van der Waals surface area contributed by atoms with E-state index in [1.807, 2.05) is 6.92 Å². The standard InChI is InChI=1S/C14H16ClN3O/c1-14(10-16)5-7-18(8-6-14)13(19)17-12-4-2-3-11(15)9-12/h2-4,9H,5-8H2,1H3,(H,17,19). The first-order valence-electron chi connectivity index (χ1n) is 6.25. The summed E-state index contributed by atoms with van der Waals surface area (Å²) in [6.45, 7) is 3.16. The molecule has 0 bridgehead atoms. The van der Waals surface area contributed by atoms with Crippen LogP contribution in [0.2, 0.25) is 5.02 Å². The summed E-state index contributed by atoms with van der Waals surface area (Å²) in [4.78, 5) is 13.8. The van der Waals surface area contributed by atoms with Gasteiger partial charge in [-0.15, -0.1) is 0 Å². The van der Waals surface area contributed by atoms with Crippen LogP contribution in [0.15, 0.2) is 24.3 Å². The molecule has 1 heterocycles. The maximum Gasteiger partial charge on any atom is 0.321 e. The van der Waals surface area contributed by atoms with Crippen molar-refractivity contribution in [3.05, 3.63) is 29.3 Å². The fourth-order valence-electron chi connectivity index (χ4n) is 2.08. The number of benzene rings is 1. The second-order valence-corrected chi connectivity index (χ2v) is 5.54. The van der Waals surface area contributed by atoms with Crippen LogP contribution in [-0.2, 0) is 0 Å². The van der Waals surface area contributed by atoms with Gasteiger partial charge in [-0.05, 0) is 38.0 Å². The summed E-state index contributed by atoms with van der Waals surface area (Å²) in [6.07, 6.45) is 1.43. The molecule has 1 aliphatic rings. The fraction of sp³-hybridized carbons (Fsp3) is 0.429. The van der Waals surface area contributed by atoms with Gasteiger partial charge in [-0.25, -0.2) is 4.79 Å². The average Bonchev–Trinajstić information content (AvgIpc) is 2.39. The monoisotopic (exact) mass is 277 g/mol. The van der Waals surface area contributed by atoms with Crippen molar-refractivity contribution in [2.75, 3.05) is 18.4 Å². The number of rotatable bonds is 1. The van der Waals surface area contributed by atoms with Crippen molar-refractivity contribution in [3.8, 4) is 6.07 Å².